The van der Waals surface area contributed by atoms with Crippen molar-refractivity contribution in [3.63, 3.8) is 0 Å². The highest BCUT2D eigenvalue weighted by Gasteiger charge is 2.69. The van der Waals surface area contributed by atoms with Gasteiger partial charge in [-0.25, -0.2) is 0 Å². The van der Waals surface area contributed by atoms with Gasteiger partial charge in [0.1, 0.15) is 28.9 Å². The molecular formula is C23H28O6. The first kappa shape index (κ1) is 20.1. The van der Waals surface area contributed by atoms with Crippen LogP contribution in [0.3, 0.4) is 0 Å². The van der Waals surface area contributed by atoms with E-state index >= 15 is 0 Å². The van der Waals surface area contributed by atoms with Crippen LogP contribution < -0.4 is 5.43 Å². The van der Waals surface area contributed by atoms with Crippen LogP contribution >= 0.6 is 0 Å². The highest BCUT2D eigenvalue weighted by atomic mass is 16.6. The fraction of sp³-hybridized carbons (Fsp3) is 0.609. The average Bonchev–Trinajstić information content (AvgIpc) is 2.79. The minimum atomic E-state index is -1.19. The van der Waals surface area contributed by atoms with Crippen molar-refractivity contribution in [1.29, 1.82) is 0 Å². The SMILES string of the molecule is CC(=O)c1c(O)c(C(C)C)cc2c(c1=O)[C@@]13CCCC(C)(C)[C@@H]1[C@H](OC3=O)[C@@H]2O. The summed E-state index contributed by atoms with van der Waals surface area (Å²) in [4.78, 5) is 39.3. The van der Waals surface area contributed by atoms with E-state index < -0.39 is 34.8 Å². The summed E-state index contributed by atoms with van der Waals surface area (Å²) in [6.07, 6.45) is 0.102. The van der Waals surface area contributed by atoms with Gasteiger partial charge in [0.15, 0.2) is 11.2 Å². The molecule has 156 valence electrons. The molecule has 4 rings (SSSR count). The quantitative estimate of drug-likeness (QED) is 0.584. The summed E-state index contributed by atoms with van der Waals surface area (Å²) in [5.41, 5.74) is -1.62. The van der Waals surface area contributed by atoms with Crippen molar-refractivity contribution in [3.8, 4) is 5.75 Å². The summed E-state index contributed by atoms with van der Waals surface area (Å²) in [5.74, 6) is -1.96. The fourth-order valence-electron chi connectivity index (χ4n) is 6.13. The zero-order valence-electron chi connectivity index (χ0n) is 17.5. The first-order chi connectivity index (χ1) is 13.4. The molecule has 3 aliphatic rings. The topological polar surface area (TPSA) is 101 Å². The largest absolute Gasteiger partial charge is 0.507 e. The maximum atomic E-state index is 13.7. The van der Waals surface area contributed by atoms with E-state index in [1.165, 1.54) is 6.92 Å². The van der Waals surface area contributed by atoms with Gasteiger partial charge in [-0.2, -0.15) is 0 Å². The van der Waals surface area contributed by atoms with Crippen LogP contribution in [0.25, 0.3) is 0 Å². The Morgan fingerprint density at radius 3 is 2.48 bits per heavy atom. The molecule has 1 heterocycles. The number of carbonyl (C=O) groups excluding carboxylic acids is 2. The van der Waals surface area contributed by atoms with Crippen molar-refractivity contribution in [1.82, 2.24) is 0 Å². The van der Waals surface area contributed by atoms with Gasteiger partial charge in [0, 0.05) is 11.5 Å². The Balaban J connectivity index is 2.20. The molecule has 6 nitrogen and oxygen atoms in total. The van der Waals surface area contributed by atoms with Gasteiger partial charge in [0.25, 0.3) is 0 Å². The van der Waals surface area contributed by atoms with E-state index in [1.54, 1.807) is 6.07 Å². The number of aromatic hydroxyl groups is 1. The number of aliphatic hydroxyl groups excluding tert-OH is 1. The Bertz CT molecular complexity index is 992. The molecule has 0 aromatic heterocycles. The molecule has 29 heavy (non-hydrogen) atoms. The lowest BCUT2D eigenvalue weighted by molar-refractivity contribution is -0.148. The number of carbonyl (C=O) groups is 2. The van der Waals surface area contributed by atoms with Crippen molar-refractivity contribution >= 4 is 11.8 Å². The Morgan fingerprint density at radius 2 is 1.90 bits per heavy atom. The summed E-state index contributed by atoms with van der Waals surface area (Å²) < 4.78 is 5.69. The molecule has 1 aliphatic heterocycles. The number of fused-ring (bicyclic) bond motifs is 1. The summed E-state index contributed by atoms with van der Waals surface area (Å²) >= 11 is 0. The number of rotatable bonds is 2. The third-order valence-corrected chi connectivity index (χ3v) is 7.32. The van der Waals surface area contributed by atoms with Gasteiger partial charge in [-0.3, -0.25) is 14.4 Å². The van der Waals surface area contributed by atoms with Gasteiger partial charge in [0.2, 0.25) is 0 Å². The number of aliphatic hydroxyl groups is 1. The van der Waals surface area contributed by atoms with Crippen molar-refractivity contribution in [2.75, 3.05) is 0 Å². The van der Waals surface area contributed by atoms with Gasteiger partial charge < -0.3 is 14.9 Å². The molecule has 0 unspecified atom stereocenters. The molecule has 1 saturated heterocycles. The average molecular weight is 400 g/mol. The lowest BCUT2D eigenvalue weighted by atomic mass is 9.49. The predicted octanol–water partition coefficient (Wildman–Crippen LogP) is 3.11. The second kappa shape index (κ2) is 6.14. The normalized spacial score (nSPS) is 31.8. The van der Waals surface area contributed by atoms with E-state index in [9.17, 15) is 24.6 Å². The van der Waals surface area contributed by atoms with E-state index in [2.05, 4.69) is 0 Å². The fourth-order valence-corrected chi connectivity index (χ4v) is 6.13. The molecule has 2 fully saturated rings. The molecular weight excluding hydrogens is 372 g/mol. The highest BCUT2D eigenvalue weighted by molar-refractivity contribution is 5.98. The summed E-state index contributed by atoms with van der Waals surface area (Å²) in [5, 5.41) is 22.0. The molecule has 1 aromatic carbocycles. The van der Waals surface area contributed by atoms with Crippen LogP contribution in [0.2, 0.25) is 0 Å². The maximum Gasteiger partial charge on any atom is 0.317 e. The number of esters is 1. The molecule has 1 aromatic rings. The van der Waals surface area contributed by atoms with Gasteiger partial charge in [-0.1, -0.05) is 34.1 Å². The minimum Gasteiger partial charge on any atom is -0.507 e. The van der Waals surface area contributed by atoms with Crippen molar-refractivity contribution < 1.29 is 24.5 Å². The third-order valence-electron chi connectivity index (χ3n) is 7.32. The van der Waals surface area contributed by atoms with Crippen LogP contribution in [0.4, 0.5) is 0 Å². The van der Waals surface area contributed by atoms with Gasteiger partial charge >= 0.3 is 5.97 Å². The zero-order chi connectivity index (χ0) is 21.5. The van der Waals surface area contributed by atoms with Crippen molar-refractivity contribution in [2.24, 2.45) is 11.3 Å². The molecule has 2 N–H and O–H groups in total. The molecule has 4 atom stereocenters. The van der Waals surface area contributed by atoms with Crippen LogP contribution in [-0.2, 0) is 14.9 Å². The van der Waals surface area contributed by atoms with E-state index in [0.29, 0.717) is 17.5 Å². The summed E-state index contributed by atoms with van der Waals surface area (Å²) in [6.45, 7) is 8.99. The van der Waals surface area contributed by atoms with Crippen LogP contribution in [-0.4, -0.2) is 28.1 Å². The van der Waals surface area contributed by atoms with Crippen molar-refractivity contribution in [2.45, 2.75) is 77.4 Å². The Hall–Kier alpha value is -2.21. The smallest absolute Gasteiger partial charge is 0.317 e. The molecule has 2 aliphatic carbocycles. The molecule has 0 amide bonds. The van der Waals surface area contributed by atoms with E-state index in [1.807, 2.05) is 27.7 Å². The van der Waals surface area contributed by atoms with Crippen LogP contribution in [0.15, 0.2) is 10.9 Å². The first-order valence-corrected chi connectivity index (χ1v) is 10.3. The zero-order valence-corrected chi connectivity index (χ0v) is 17.5. The van der Waals surface area contributed by atoms with Crippen LogP contribution in [0, 0.1) is 11.3 Å². The predicted molar refractivity (Wildman–Crippen MR) is 106 cm³/mol. The van der Waals surface area contributed by atoms with Gasteiger partial charge in [-0.05, 0) is 48.3 Å². The number of ether oxygens (including phenoxy) is 1. The van der Waals surface area contributed by atoms with Crippen LogP contribution in [0.1, 0.15) is 93.0 Å². The third kappa shape index (κ3) is 2.41. The highest BCUT2D eigenvalue weighted by Crippen LogP contribution is 2.63. The second-order valence-electron chi connectivity index (χ2n) is 9.80. The lowest BCUT2D eigenvalue weighted by Gasteiger charge is -2.50. The number of Topliss-reactive ketones (excluding diaryl/α,β-unsaturated/α-hetero) is 1. The van der Waals surface area contributed by atoms with Gasteiger partial charge in [0.05, 0.1) is 0 Å². The number of hydrogen-bond acceptors (Lipinski definition) is 6. The molecule has 2 bridgehead atoms. The van der Waals surface area contributed by atoms with Gasteiger partial charge in [-0.15, -0.1) is 0 Å². The van der Waals surface area contributed by atoms with E-state index in [0.717, 1.165) is 12.8 Å². The number of hydrogen-bond donors (Lipinski definition) is 2. The Morgan fingerprint density at radius 1 is 1.24 bits per heavy atom. The lowest BCUT2D eigenvalue weighted by Crippen LogP contribution is -2.55. The monoisotopic (exact) mass is 400 g/mol. The summed E-state index contributed by atoms with van der Waals surface area (Å²) in [6, 6.07) is 1.60. The molecule has 0 spiro atoms. The van der Waals surface area contributed by atoms with E-state index in [4.69, 9.17) is 4.74 Å². The Labute approximate surface area is 169 Å². The van der Waals surface area contributed by atoms with Crippen molar-refractivity contribution in [3.05, 3.63) is 38.5 Å². The standard InChI is InChI=1S/C23H28O6/c1-10(2)12-9-13-15(18(27)14(11(3)24)16(12)25)23-8-6-7-22(4,5)20(23)19(17(13)26)29-21(23)28/h9-10,17,19-20,25-26H,6-8H2,1-5H3/t17-,19-,20+,23+/m1/s1. The van der Waals surface area contributed by atoms with E-state index in [-0.39, 0.29) is 34.1 Å². The molecule has 1 saturated carbocycles. The molecule has 6 heteroatoms. The Kier molecular flexibility index (Phi) is 4.25. The number of ketones is 1. The molecule has 0 radical (unpaired) electrons. The van der Waals surface area contributed by atoms with Crippen LogP contribution in [0.5, 0.6) is 5.75 Å². The summed E-state index contributed by atoms with van der Waals surface area (Å²) in [7, 11) is 0. The second-order valence-corrected chi connectivity index (χ2v) is 9.80. The maximum absolute atomic E-state index is 13.7. The first-order valence-electron chi connectivity index (χ1n) is 10.3. The minimum absolute atomic E-state index is 0.147.